The van der Waals surface area contributed by atoms with Gasteiger partial charge in [0, 0.05) is 5.02 Å². The van der Waals surface area contributed by atoms with E-state index in [0.717, 1.165) is 0 Å². The second-order valence-electron chi connectivity index (χ2n) is 4.41. The van der Waals surface area contributed by atoms with E-state index in [4.69, 9.17) is 34.8 Å². The van der Waals surface area contributed by atoms with Gasteiger partial charge in [-0.05, 0) is 35.4 Å². The zero-order chi connectivity index (χ0) is 14.8. The number of benzene rings is 2. The van der Waals surface area contributed by atoms with E-state index < -0.39 is 9.84 Å². The van der Waals surface area contributed by atoms with Gasteiger partial charge in [-0.2, -0.15) is 0 Å². The van der Waals surface area contributed by atoms with Gasteiger partial charge in [-0.3, -0.25) is 0 Å². The molecule has 2 rings (SSSR count). The van der Waals surface area contributed by atoms with Crippen molar-refractivity contribution in [1.82, 2.24) is 0 Å². The van der Waals surface area contributed by atoms with Crippen LogP contribution in [0.5, 0.6) is 0 Å². The molecule has 106 valence electrons. The molecule has 0 aliphatic heterocycles. The first-order valence-electron chi connectivity index (χ1n) is 5.74. The Bertz CT molecular complexity index is 727. The second kappa shape index (κ2) is 6.35. The predicted octanol–water partition coefficient (Wildman–Crippen LogP) is 4.76. The highest BCUT2D eigenvalue weighted by molar-refractivity contribution is 7.89. The summed E-state index contributed by atoms with van der Waals surface area (Å²) in [5, 5.41) is 1.28. The highest BCUT2D eigenvalue weighted by Crippen LogP contribution is 2.24. The maximum absolute atomic E-state index is 12.2. The van der Waals surface area contributed by atoms with Crippen LogP contribution in [0.25, 0.3) is 0 Å². The Morgan fingerprint density at radius 1 is 0.800 bits per heavy atom. The third-order valence-electron chi connectivity index (χ3n) is 2.65. The van der Waals surface area contributed by atoms with Crippen molar-refractivity contribution in [2.24, 2.45) is 0 Å². The molecule has 0 N–H and O–H groups in total. The Morgan fingerprint density at radius 2 is 1.45 bits per heavy atom. The van der Waals surface area contributed by atoms with E-state index in [1.165, 1.54) is 0 Å². The van der Waals surface area contributed by atoms with Crippen LogP contribution in [-0.4, -0.2) is 8.42 Å². The van der Waals surface area contributed by atoms with Crippen LogP contribution < -0.4 is 0 Å². The Labute approximate surface area is 133 Å². The fourth-order valence-electron chi connectivity index (χ4n) is 1.82. The van der Waals surface area contributed by atoms with Crippen molar-refractivity contribution in [3.05, 3.63) is 68.7 Å². The SMILES string of the molecule is O=S(=O)(Cc1cccc(Cl)c1)Cc1ccc(Cl)c(Cl)c1. The molecule has 20 heavy (non-hydrogen) atoms. The Balaban J connectivity index is 2.17. The summed E-state index contributed by atoms with van der Waals surface area (Å²) < 4.78 is 24.3. The minimum absolute atomic E-state index is 0.0617. The van der Waals surface area contributed by atoms with Crippen molar-refractivity contribution in [1.29, 1.82) is 0 Å². The van der Waals surface area contributed by atoms with Gasteiger partial charge in [-0.1, -0.05) is 53.0 Å². The molecule has 0 radical (unpaired) electrons. The third-order valence-corrected chi connectivity index (χ3v) is 5.17. The van der Waals surface area contributed by atoms with E-state index in [-0.39, 0.29) is 11.5 Å². The van der Waals surface area contributed by atoms with Gasteiger partial charge in [-0.25, -0.2) is 8.42 Å². The Kier molecular flexibility index (Phi) is 4.97. The van der Waals surface area contributed by atoms with Crippen LogP contribution in [0.3, 0.4) is 0 Å². The van der Waals surface area contributed by atoms with Crippen LogP contribution in [-0.2, 0) is 21.3 Å². The van der Waals surface area contributed by atoms with Gasteiger partial charge in [0.15, 0.2) is 9.84 Å². The predicted molar refractivity (Wildman–Crippen MR) is 84.2 cm³/mol. The average molecular weight is 350 g/mol. The standard InChI is InChI=1S/C14H11Cl3O2S/c15-12-3-1-2-10(6-12)8-20(18,19)9-11-4-5-13(16)14(17)7-11/h1-7H,8-9H2. The Morgan fingerprint density at radius 3 is 2.05 bits per heavy atom. The summed E-state index contributed by atoms with van der Waals surface area (Å²) in [6, 6.07) is 11.6. The van der Waals surface area contributed by atoms with E-state index in [1.807, 2.05) is 0 Å². The maximum Gasteiger partial charge on any atom is 0.158 e. The summed E-state index contributed by atoms with van der Waals surface area (Å²) in [7, 11) is -3.29. The van der Waals surface area contributed by atoms with Gasteiger partial charge < -0.3 is 0 Å². The molecule has 0 aliphatic carbocycles. The number of sulfone groups is 1. The van der Waals surface area contributed by atoms with E-state index in [9.17, 15) is 8.42 Å². The molecular formula is C14H11Cl3O2S. The number of hydrogen-bond donors (Lipinski definition) is 0. The minimum atomic E-state index is -3.29. The van der Waals surface area contributed by atoms with Gasteiger partial charge in [0.05, 0.1) is 21.6 Å². The van der Waals surface area contributed by atoms with Crippen molar-refractivity contribution in [2.75, 3.05) is 0 Å². The number of rotatable bonds is 4. The van der Waals surface area contributed by atoms with Crippen LogP contribution in [0.1, 0.15) is 11.1 Å². The molecule has 0 aliphatic rings. The second-order valence-corrected chi connectivity index (χ2v) is 7.73. The van der Waals surface area contributed by atoms with Gasteiger partial charge in [0.1, 0.15) is 0 Å². The average Bonchev–Trinajstić information content (AvgIpc) is 2.33. The maximum atomic E-state index is 12.2. The number of halogens is 3. The number of hydrogen-bond acceptors (Lipinski definition) is 2. The molecule has 0 spiro atoms. The topological polar surface area (TPSA) is 34.1 Å². The smallest absolute Gasteiger partial charge is 0.158 e. The van der Waals surface area contributed by atoms with E-state index in [0.29, 0.717) is 26.2 Å². The summed E-state index contributed by atoms with van der Waals surface area (Å²) in [5.41, 5.74) is 1.28. The normalized spacial score (nSPS) is 11.6. The van der Waals surface area contributed by atoms with E-state index in [2.05, 4.69) is 0 Å². The van der Waals surface area contributed by atoms with Crippen molar-refractivity contribution in [3.63, 3.8) is 0 Å². The molecule has 0 saturated heterocycles. The third kappa shape index (κ3) is 4.38. The fraction of sp³-hybridized carbons (Fsp3) is 0.143. The van der Waals surface area contributed by atoms with Crippen molar-refractivity contribution in [2.45, 2.75) is 11.5 Å². The summed E-state index contributed by atoms with van der Waals surface area (Å²) >= 11 is 17.5. The molecule has 2 aromatic carbocycles. The van der Waals surface area contributed by atoms with Crippen LogP contribution in [0.15, 0.2) is 42.5 Å². The largest absolute Gasteiger partial charge is 0.228 e. The first-order valence-corrected chi connectivity index (χ1v) is 8.70. The highest BCUT2D eigenvalue weighted by atomic mass is 35.5. The van der Waals surface area contributed by atoms with Gasteiger partial charge >= 0.3 is 0 Å². The molecule has 0 bridgehead atoms. The van der Waals surface area contributed by atoms with Crippen LogP contribution in [0.2, 0.25) is 15.1 Å². The van der Waals surface area contributed by atoms with Gasteiger partial charge in [-0.15, -0.1) is 0 Å². The summed E-state index contributed by atoms with van der Waals surface area (Å²) in [6.07, 6.45) is 0. The monoisotopic (exact) mass is 348 g/mol. The molecule has 0 saturated carbocycles. The van der Waals surface area contributed by atoms with Crippen molar-refractivity contribution in [3.8, 4) is 0 Å². The van der Waals surface area contributed by atoms with Crippen LogP contribution in [0, 0.1) is 0 Å². The minimum Gasteiger partial charge on any atom is -0.228 e. The van der Waals surface area contributed by atoms with Gasteiger partial charge in [0.2, 0.25) is 0 Å². The summed E-state index contributed by atoms with van der Waals surface area (Å²) in [4.78, 5) is 0. The highest BCUT2D eigenvalue weighted by Gasteiger charge is 2.14. The molecule has 6 heteroatoms. The summed E-state index contributed by atoms with van der Waals surface area (Å²) in [6.45, 7) is 0. The Hall–Kier alpha value is -0.740. The fourth-order valence-corrected chi connectivity index (χ4v) is 3.83. The molecule has 0 amide bonds. The molecule has 0 fully saturated rings. The molecule has 0 unspecified atom stereocenters. The van der Waals surface area contributed by atoms with E-state index in [1.54, 1.807) is 42.5 Å². The van der Waals surface area contributed by atoms with E-state index >= 15 is 0 Å². The molecule has 0 aromatic heterocycles. The first-order chi connectivity index (χ1) is 9.35. The molecule has 0 heterocycles. The lowest BCUT2D eigenvalue weighted by Gasteiger charge is -2.06. The zero-order valence-corrected chi connectivity index (χ0v) is 13.4. The molecule has 0 atom stereocenters. The summed E-state index contributed by atoms with van der Waals surface area (Å²) in [5.74, 6) is -0.149. The zero-order valence-electron chi connectivity index (χ0n) is 10.3. The van der Waals surface area contributed by atoms with Crippen LogP contribution >= 0.6 is 34.8 Å². The lowest BCUT2D eigenvalue weighted by atomic mass is 10.2. The molecule has 2 nitrogen and oxygen atoms in total. The lowest BCUT2D eigenvalue weighted by Crippen LogP contribution is -2.07. The quantitative estimate of drug-likeness (QED) is 0.797. The molecule has 2 aromatic rings. The first kappa shape index (κ1) is 15.6. The van der Waals surface area contributed by atoms with Crippen LogP contribution in [0.4, 0.5) is 0 Å². The molecular weight excluding hydrogens is 339 g/mol. The van der Waals surface area contributed by atoms with Gasteiger partial charge in [0.25, 0.3) is 0 Å². The van der Waals surface area contributed by atoms with Crippen molar-refractivity contribution < 1.29 is 8.42 Å². The lowest BCUT2D eigenvalue weighted by molar-refractivity contribution is 0.594. The van der Waals surface area contributed by atoms with Crippen molar-refractivity contribution >= 4 is 44.6 Å².